The summed E-state index contributed by atoms with van der Waals surface area (Å²) in [4.78, 5) is 0. The smallest absolute Gasteiger partial charge is 0.184 e. The average molecular weight is 205 g/mol. The minimum Gasteiger partial charge on any atom is -0.346 e. The molecule has 1 aromatic heterocycles. The second-order valence-corrected chi connectivity index (χ2v) is 3.53. The van der Waals surface area contributed by atoms with Gasteiger partial charge < -0.3 is 9.47 Å². The number of nitrogens with zero attached hydrogens (tertiary/aromatic N) is 3. The van der Waals surface area contributed by atoms with Crippen molar-refractivity contribution in [1.29, 1.82) is 0 Å². The Balaban J connectivity index is 2.05. The van der Waals surface area contributed by atoms with Gasteiger partial charge in [0.1, 0.15) is 5.52 Å². The highest BCUT2D eigenvalue weighted by atomic mass is 16.7. The summed E-state index contributed by atoms with van der Waals surface area (Å²) in [5.41, 5.74) is 2.88. The molecular weight excluding hydrogens is 194 g/mol. The van der Waals surface area contributed by atoms with Crippen molar-refractivity contribution < 1.29 is 9.47 Å². The van der Waals surface area contributed by atoms with Crippen LogP contribution in [-0.4, -0.2) is 28.2 Å². The molecule has 1 fully saturated rings. The van der Waals surface area contributed by atoms with Crippen molar-refractivity contribution in [3.8, 4) is 0 Å². The molecule has 0 spiro atoms. The van der Waals surface area contributed by atoms with E-state index in [1.54, 1.807) is 4.68 Å². The van der Waals surface area contributed by atoms with Crippen LogP contribution < -0.4 is 0 Å². The summed E-state index contributed by atoms with van der Waals surface area (Å²) in [5.74, 6) is 0. The van der Waals surface area contributed by atoms with Gasteiger partial charge in [0, 0.05) is 12.6 Å². The van der Waals surface area contributed by atoms with Gasteiger partial charge in [-0.1, -0.05) is 11.3 Å². The van der Waals surface area contributed by atoms with E-state index in [-0.39, 0.29) is 6.29 Å². The molecule has 0 radical (unpaired) electrons. The highest BCUT2D eigenvalue weighted by molar-refractivity contribution is 5.74. The molecule has 0 N–H and O–H groups in total. The number of hydrogen-bond acceptors (Lipinski definition) is 4. The molecule has 5 heteroatoms. The lowest BCUT2D eigenvalue weighted by Crippen LogP contribution is -1.97. The van der Waals surface area contributed by atoms with Gasteiger partial charge in [-0.15, -0.1) is 5.10 Å². The molecule has 0 unspecified atom stereocenters. The summed E-state index contributed by atoms with van der Waals surface area (Å²) < 4.78 is 12.6. The normalized spacial score (nSPS) is 17.7. The summed E-state index contributed by atoms with van der Waals surface area (Å²) >= 11 is 0. The van der Waals surface area contributed by atoms with Crippen LogP contribution in [0.15, 0.2) is 18.2 Å². The van der Waals surface area contributed by atoms with Crippen molar-refractivity contribution >= 4 is 11.0 Å². The fourth-order valence-electron chi connectivity index (χ4n) is 1.76. The summed E-state index contributed by atoms with van der Waals surface area (Å²) in [5, 5.41) is 8.00. The Morgan fingerprint density at radius 3 is 2.93 bits per heavy atom. The van der Waals surface area contributed by atoms with Crippen LogP contribution in [-0.2, 0) is 16.5 Å². The van der Waals surface area contributed by atoms with Crippen molar-refractivity contribution in [3.63, 3.8) is 0 Å². The lowest BCUT2D eigenvalue weighted by molar-refractivity contribution is -0.0440. The maximum atomic E-state index is 5.42. The molecule has 5 nitrogen and oxygen atoms in total. The van der Waals surface area contributed by atoms with E-state index in [4.69, 9.17) is 9.47 Å². The highest BCUT2D eigenvalue weighted by Gasteiger charge is 2.18. The Morgan fingerprint density at radius 2 is 2.13 bits per heavy atom. The second kappa shape index (κ2) is 3.29. The van der Waals surface area contributed by atoms with Crippen LogP contribution in [0.5, 0.6) is 0 Å². The molecule has 1 saturated heterocycles. The van der Waals surface area contributed by atoms with E-state index in [9.17, 15) is 0 Å². The molecule has 1 aliphatic heterocycles. The fraction of sp³-hybridized carbons (Fsp3) is 0.400. The van der Waals surface area contributed by atoms with Crippen LogP contribution in [0.25, 0.3) is 11.0 Å². The van der Waals surface area contributed by atoms with Gasteiger partial charge in [-0.3, -0.25) is 0 Å². The first-order valence-electron chi connectivity index (χ1n) is 4.87. The predicted octanol–water partition coefficient (Wildman–Crippen LogP) is 1.01. The fourth-order valence-corrected chi connectivity index (χ4v) is 1.76. The van der Waals surface area contributed by atoms with Crippen LogP contribution in [0.2, 0.25) is 0 Å². The summed E-state index contributed by atoms with van der Waals surface area (Å²) in [6, 6.07) is 5.93. The first-order valence-corrected chi connectivity index (χ1v) is 4.87. The summed E-state index contributed by atoms with van der Waals surface area (Å²) in [7, 11) is 1.87. The van der Waals surface area contributed by atoms with E-state index in [0.29, 0.717) is 13.2 Å². The van der Waals surface area contributed by atoms with E-state index in [1.807, 2.05) is 25.2 Å². The molecule has 1 aromatic carbocycles. The quantitative estimate of drug-likeness (QED) is 0.697. The Morgan fingerprint density at radius 1 is 1.33 bits per heavy atom. The summed E-state index contributed by atoms with van der Waals surface area (Å²) in [6.45, 7) is 1.31. The molecule has 0 atom stereocenters. The number of benzene rings is 1. The molecule has 2 heterocycles. The Kier molecular flexibility index (Phi) is 1.93. The standard InChI is InChI=1S/C10H11N3O2/c1-13-9-3-2-7(6-8(9)11-12-13)10-14-4-5-15-10/h2-3,6,10H,4-5H2,1H3. The van der Waals surface area contributed by atoms with Gasteiger partial charge in [-0.2, -0.15) is 0 Å². The second-order valence-electron chi connectivity index (χ2n) is 3.53. The van der Waals surface area contributed by atoms with Crippen molar-refractivity contribution in [1.82, 2.24) is 15.0 Å². The summed E-state index contributed by atoms with van der Waals surface area (Å²) in [6.07, 6.45) is -0.239. The third-order valence-corrected chi connectivity index (χ3v) is 2.53. The maximum Gasteiger partial charge on any atom is 0.184 e. The Labute approximate surface area is 86.6 Å². The first kappa shape index (κ1) is 8.82. The molecule has 1 aliphatic rings. The maximum absolute atomic E-state index is 5.42. The van der Waals surface area contributed by atoms with Crippen LogP contribution in [0, 0.1) is 0 Å². The van der Waals surface area contributed by atoms with Gasteiger partial charge in [0.05, 0.1) is 18.7 Å². The van der Waals surface area contributed by atoms with Crippen LogP contribution in [0.3, 0.4) is 0 Å². The van der Waals surface area contributed by atoms with Crippen LogP contribution in [0.4, 0.5) is 0 Å². The van der Waals surface area contributed by atoms with E-state index in [2.05, 4.69) is 10.3 Å². The van der Waals surface area contributed by atoms with Gasteiger partial charge >= 0.3 is 0 Å². The zero-order valence-corrected chi connectivity index (χ0v) is 8.38. The van der Waals surface area contributed by atoms with Gasteiger partial charge in [-0.05, 0) is 12.1 Å². The minimum atomic E-state index is -0.239. The van der Waals surface area contributed by atoms with Crippen LogP contribution >= 0.6 is 0 Å². The minimum absolute atomic E-state index is 0.239. The third kappa shape index (κ3) is 1.40. The molecule has 15 heavy (non-hydrogen) atoms. The topological polar surface area (TPSA) is 49.2 Å². The Hall–Kier alpha value is -1.46. The zero-order chi connectivity index (χ0) is 10.3. The van der Waals surface area contributed by atoms with Crippen molar-refractivity contribution in [2.75, 3.05) is 13.2 Å². The number of fused-ring (bicyclic) bond motifs is 1. The van der Waals surface area contributed by atoms with Crippen LogP contribution in [0.1, 0.15) is 11.9 Å². The number of aryl methyl sites for hydroxylation is 1. The lowest BCUT2D eigenvalue weighted by atomic mass is 10.2. The molecule has 3 rings (SSSR count). The third-order valence-electron chi connectivity index (χ3n) is 2.53. The number of rotatable bonds is 1. The van der Waals surface area contributed by atoms with E-state index >= 15 is 0 Å². The first-order chi connectivity index (χ1) is 7.34. The van der Waals surface area contributed by atoms with E-state index in [0.717, 1.165) is 16.6 Å². The molecule has 0 aliphatic carbocycles. The zero-order valence-electron chi connectivity index (χ0n) is 8.38. The van der Waals surface area contributed by atoms with Gasteiger partial charge in [0.25, 0.3) is 0 Å². The van der Waals surface area contributed by atoms with Gasteiger partial charge in [0.2, 0.25) is 0 Å². The van der Waals surface area contributed by atoms with Crippen molar-refractivity contribution in [2.24, 2.45) is 7.05 Å². The van der Waals surface area contributed by atoms with Gasteiger partial charge in [0.15, 0.2) is 6.29 Å². The molecular formula is C10H11N3O2. The highest BCUT2D eigenvalue weighted by Crippen LogP contribution is 2.25. The van der Waals surface area contributed by atoms with Crippen molar-refractivity contribution in [2.45, 2.75) is 6.29 Å². The lowest BCUT2D eigenvalue weighted by Gasteiger charge is -2.08. The molecule has 0 amide bonds. The van der Waals surface area contributed by atoms with Crippen molar-refractivity contribution in [3.05, 3.63) is 23.8 Å². The molecule has 0 saturated carbocycles. The van der Waals surface area contributed by atoms with Gasteiger partial charge in [-0.25, -0.2) is 4.68 Å². The number of ether oxygens (including phenoxy) is 2. The molecule has 2 aromatic rings. The molecule has 78 valence electrons. The average Bonchev–Trinajstić information content (AvgIpc) is 2.88. The Bertz CT molecular complexity index is 488. The monoisotopic (exact) mass is 205 g/mol. The number of aromatic nitrogens is 3. The SMILES string of the molecule is Cn1nnc2cc(C3OCCO3)ccc21. The van der Waals surface area contributed by atoms with E-state index in [1.165, 1.54) is 0 Å². The number of hydrogen-bond donors (Lipinski definition) is 0. The van der Waals surface area contributed by atoms with E-state index < -0.39 is 0 Å². The molecule has 0 bridgehead atoms. The predicted molar refractivity (Wildman–Crippen MR) is 53.2 cm³/mol. The largest absolute Gasteiger partial charge is 0.346 e.